The van der Waals surface area contributed by atoms with Gasteiger partial charge < -0.3 is 15.8 Å². The standard InChI is InChI=1S/C11H14F3N3O2/c1-19-10(18)8-4-3-7(15)9(17-8)16-6-2-5-11(12,13)14/h3-4H,2,5-6,15H2,1H3,(H,16,17). The molecule has 19 heavy (non-hydrogen) atoms. The molecular weight excluding hydrogens is 263 g/mol. The maximum atomic E-state index is 11.9. The first-order valence-electron chi connectivity index (χ1n) is 5.49. The van der Waals surface area contributed by atoms with Crippen LogP contribution >= 0.6 is 0 Å². The number of nitrogen functional groups attached to an aromatic ring is 1. The number of nitrogens with two attached hydrogens (primary N) is 1. The second-order valence-electron chi connectivity index (χ2n) is 3.77. The number of pyridine rings is 1. The van der Waals surface area contributed by atoms with Gasteiger partial charge in [-0.15, -0.1) is 0 Å². The highest BCUT2D eigenvalue weighted by Crippen LogP contribution is 2.22. The maximum absolute atomic E-state index is 11.9. The zero-order valence-electron chi connectivity index (χ0n) is 10.3. The Balaban J connectivity index is 2.60. The summed E-state index contributed by atoms with van der Waals surface area (Å²) in [6.07, 6.45) is -5.18. The number of nitrogens with one attached hydrogen (secondary N) is 1. The number of alkyl halides is 3. The van der Waals surface area contributed by atoms with E-state index in [2.05, 4.69) is 15.0 Å². The lowest BCUT2D eigenvalue weighted by molar-refractivity contribution is -0.134. The molecular formula is C11H14F3N3O2. The molecule has 1 rings (SSSR count). The Bertz CT molecular complexity index is 449. The molecule has 1 aromatic rings. The number of hydrogen-bond acceptors (Lipinski definition) is 5. The molecule has 0 fully saturated rings. The van der Waals surface area contributed by atoms with E-state index in [0.717, 1.165) is 0 Å². The molecule has 1 aromatic heterocycles. The second kappa shape index (κ2) is 6.26. The van der Waals surface area contributed by atoms with Crippen molar-refractivity contribution >= 4 is 17.5 Å². The van der Waals surface area contributed by atoms with Gasteiger partial charge in [-0.1, -0.05) is 0 Å². The molecule has 1 heterocycles. The van der Waals surface area contributed by atoms with E-state index in [1.54, 1.807) is 0 Å². The molecule has 0 spiro atoms. The number of carbonyl (C=O) groups excluding carboxylic acids is 1. The Labute approximate surface area is 108 Å². The number of carbonyl (C=O) groups is 1. The van der Waals surface area contributed by atoms with Crippen LogP contribution in [0.1, 0.15) is 23.3 Å². The Kier molecular flexibility index (Phi) is 4.96. The summed E-state index contributed by atoms with van der Waals surface area (Å²) in [5.41, 5.74) is 5.89. The van der Waals surface area contributed by atoms with Crippen molar-refractivity contribution in [3.63, 3.8) is 0 Å². The molecule has 5 nitrogen and oxygen atoms in total. The van der Waals surface area contributed by atoms with E-state index in [4.69, 9.17) is 5.73 Å². The third-order valence-corrected chi connectivity index (χ3v) is 2.25. The number of nitrogens with zero attached hydrogens (tertiary/aromatic N) is 1. The first-order valence-corrected chi connectivity index (χ1v) is 5.49. The molecule has 0 bridgehead atoms. The Morgan fingerprint density at radius 1 is 1.47 bits per heavy atom. The summed E-state index contributed by atoms with van der Waals surface area (Å²) in [6.45, 7) is 0.0569. The molecule has 0 aliphatic heterocycles. The number of hydrogen-bond donors (Lipinski definition) is 2. The van der Waals surface area contributed by atoms with Crippen LogP contribution in [-0.2, 0) is 4.74 Å². The average Bonchev–Trinajstić information content (AvgIpc) is 2.34. The van der Waals surface area contributed by atoms with Gasteiger partial charge in [-0.2, -0.15) is 13.2 Å². The number of esters is 1. The number of ether oxygens (including phenoxy) is 1. The molecule has 0 aliphatic carbocycles. The summed E-state index contributed by atoms with van der Waals surface area (Å²) in [6, 6.07) is 2.81. The second-order valence-corrected chi connectivity index (χ2v) is 3.77. The van der Waals surface area contributed by atoms with Crippen molar-refractivity contribution in [2.45, 2.75) is 19.0 Å². The number of anilines is 2. The summed E-state index contributed by atoms with van der Waals surface area (Å²) in [7, 11) is 1.21. The summed E-state index contributed by atoms with van der Waals surface area (Å²) in [4.78, 5) is 15.1. The van der Waals surface area contributed by atoms with Crippen molar-refractivity contribution in [2.24, 2.45) is 0 Å². The molecule has 3 N–H and O–H groups in total. The van der Waals surface area contributed by atoms with Crippen LogP contribution in [0.25, 0.3) is 0 Å². The van der Waals surface area contributed by atoms with Crippen molar-refractivity contribution in [3.8, 4) is 0 Å². The van der Waals surface area contributed by atoms with Crippen LogP contribution in [0.3, 0.4) is 0 Å². The van der Waals surface area contributed by atoms with E-state index < -0.39 is 18.6 Å². The molecule has 0 radical (unpaired) electrons. The smallest absolute Gasteiger partial charge is 0.389 e. The van der Waals surface area contributed by atoms with Crippen LogP contribution in [0.2, 0.25) is 0 Å². The maximum Gasteiger partial charge on any atom is 0.389 e. The molecule has 0 aromatic carbocycles. The lowest BCUT2D eigenvalue weighted by Crippen LogP contribution is -2.13. The third kappa shape index (κ3) is 5.02. The van der Waals surface area contributed by atoms with E-state index in [-0.39, 0.29) is 30.2 Å². The molecule has 0 atom stereocenters. The van der Waals surface area contributed by atoms with E-state index in [1.807, 2.05) is 0 Å². The van der Waals surface area contributed by atoms with Crippen molar-refractivity contribution in [1.29, 1.82) is 0 Å². The highest BCUT2D eigenvalue weighted by molar-refractivity contribution is 5.88. The first kappa shape index (κ1) is 15.1. The normalized spacial score (nSPS) is 11.2. The molecule has 0 aliphatic rings. The number of aromatic nitrogens is 1. The van der Waals surface area contributed by atoms with Crippen LogP contribution in [0.5, 0.6) is 0 Å². The van der Waals surface area contributed by atoms with Crippen molar-refractivity contribution in [2.75, 3.05) is 24.7 Å². The van der Waals surface area contributed by atoms with Gasteiger partial charge >= 0.3 is 12.1 Å². The quantitative estimate of drug-likeness (QED) is 0.637. The Hall–Kier alpha value is -1.99. The summed E-state index contributed by atoms with van der Waals surface area (Å²) in [5, 5.41) is 2.66. The van der Waals surface area contributed by atoms with Gasteiger partial charge in [0.15, 0.2) is 5.69 Å². The van der Waals surface area contributed by atoms with Gasteiger partial charge in [-0.25, -0.2) is 9.78 Å². The predicted octanol–water partition coefficient (Wildman–Crippen LogP) is 2.20. The van der Waals surface area contributed by atoms with E-state index in [0.29, 0.717) is 0 Å². The molecule has 0 saturated carbocycles. The van der Waals surface area contributed by atoms with Gasteiger partial charge in [0.05, 0.1) is 12.8 Å². The molecule has 8 heteroatoms. The van der Waals surface area contributed by atoms with Crippen LogP contribution in [0, 0.1) is 0 Å². The highest BCUT2D eigenvalue weighted by Gasteiger charge is 2.25. The Morgan fingerprint density at radius 3 is 2.74 bits per heavy atom. The minimum Gasteiger partial charge on any atom is -0.464 e. The minimum atomic E-state index is -4.19. The van der Waals surface area contributed by atoms with E-state index in [9.17, 15) is 18.0 Å². The zero-order chi connectivity index (χ0) is 14.5. The summed E-state index contributed by atoms with van der Waals surface area (Å²) < 4.78 is 40.3. The fourth-order valence-corrected chi connectivity index (χ4v) is 1.33. The first-order chi connectivity index (χ1) is 8.83. The van der Waals surface area contributed by atoms with Crippen LogP contribution in [0.4, 0.5) is 24.7 Å². The third-order valence-electron chi connectivity index (χ3n) is 2.25. The summed E-state index contributed by atoms with van der Waals surface area (Å²) >= 11 is 0. The van der Waals surface area contributed by atoms with Crippen LogP contribution in [-0.4, -0.2) is 30.8 Å². The monoisotopic (exact) mass is 277 g/mol. The lowest BCUT2D eigenvalue weighted by Gasteiger charge is -2.10. The summed E-state index contributed by atoms with van der Waals surface area (Å²) in [5.74, 6) is -0.469. The molecule has 0 unspecified atom stereocenters. The van der Waals surface area contributed by atoms with Gasteiger partial charge in [-0.3, -0.25) is 0 Å². The van der Waals surface area contributed by atoms with Crippen LogP contribution in [0.15, 0.2) is 12.1 Å². The SMILES string of the molecule is COC(=O)c1ccc(N)c(NCCCC(F)(F)F)n1. The predicted molar refractivity (Wildman–Crippen MR) is 63.8 cm³/mol. The number of rotatable bonds is 5. The average molecular weight is 277 g/mol. The molecule has 0 amide bonds. The van der Waals surface area contributed by atoms with E-state index in [1.165, 1.54) is 19.2 Å². The highest BCUT2D eigenvalue weighted by atomic mass is 19.4. The van der Waals surface area contributed by atoms with Gasteiger partial charge in [0.25, 0.3) is 0 Å². The van der Waals surface area contributed by atoms with Crippen molar-refractivity contribution in [3.05, 3.63) is 17.8 Å². The topological polar surface area (TPSA) is 77.2 Å². The largest absolute Gasteiger partial charge is 0.464 e. The lowest BCUT2D eigenvalue weighted by atomic mass is 10.3. The van der Waals surface area contributed by atoms with Crippen molar-refractivity contribution in [1.82, 2.24) is 4.98 Å². The van der Waals surface area contributed by atoms with Crippen LogP contribution < -0.4 is 11.1 Å². The molecule has 0 saturated heterocycles. The molecule has 106 valence electrons. The van der Waals surface area contributed by atoms with Gasteiger partial charge in [-0.05, 0) is 18.6 Å². The van der Waals surface area contributed by atoms with Crippen molar-refractivity contribution < 1.29 is 22.7 Å². The van der Waals surface area contributed by atoms with E-state index >= 15 is 0 Å². The van der Waals surface area contributed by atoms with Gasteiger partial charge in [0, 0.05) is 13.0 Å². The van der Waals surface area contributed by atoms with Gasteiger partial charge in [0.1, 0.15) is 5.82 Å². The fraction of sp³-hybridized carbons (Fsp3) is 0.455. The zero-order valence-corrected chi connectivity index (χ0v) is 10.3. The van der Waals surface area contributed by atoms with Gasteiger partial charge in [0.2, 0.25) is 0 Å². The minimum absolute atomic E-state index is 0.0371. The number of methoxy groups -OCH3 is 1. The Morgan fingerprint density at radius 2 is 2.16 bits per heavy atom. The fourth-order valence-electron chi connectivity index (χ4n) is 1.33. The number of halogens is 3.